The Hall–Kier alpha value is -1.12. The molecule has 20 heavy (non-hydrogen) atoms. The zero-order valence-corrected chi connectivity index (χ0v) is 13.0. The van der Waals surface area contributed by atoms with Crippen molar-refractivity contribution in [2.24, 2.45) is 18.9 Å². The van der Waals surface area contributed by atoms with Gasteiger partial charge in [-0.25, -0.2) is 0 Å². The Morgan fingerprint density at radius 2 is 2.00 bits per heavy atom. The van der Waals surface area contributed by atoms with Gasteiger partial charge in [0.25, 0.3) is 10.2 Å². The van der Waals surface area contributed by atoms with Crippen molar-refractivity contribution in [1.29, 1.82) is 0 Å². The van der Waals surface area contributed by atoms with Gasteiger partial charge in [0, 0.05) is 32.2 Å². The van der Waals surface area contributed by atoms with Crippen molar-refractivity contribution < 1.29 is 8.42 Å². The molecule has 0 aliphatic carbocycles. The van der Waals surface area contributed by atoms with Crippen LogP contribution in [0.5, 0.6) is 0 Å². The minimum atomic E-state index is -3.46. The molecule has 1 aliphatic heterocycles. The molecule has 8 heteroatoms. The molecule has 1 aliphatic rings. The van der Waals surface area contributed by atoms with Gasteiger partial charge in [-0.15, -0.1) is 0 Å². The number of nitrogens with one attached hydrogen (secondary N) is 1. The van der Waals surface area contributed by atoms with Crippen LogP contribution in [0, 0.1) is 11.8 Å². The molecule has 0 saturated carbocycles. The number of nitrogens with two attached hydrogens (primary N) is 1. The summed E-state index contributed by atoms with van der Waals surface area (Å²) in [4.78, 5) is 0. The van der Waals surface area contributed by atoms with E-state index in [9.17, 15) is 8.42 Å². The third kappa shape index (κ3) is 3.31. The van der Waals surface area contributed by atoms with E-state index < -0.39 is 10.2 Å². The quantitative estimate of drug-likeness (QED) is 0.837. The van der Waals surface area contributed by atoms with E-state index in [1.165, 1.54) is 8.99 Å². The molecule has 2 heterocycles. The van der Waals surface area contributed by atoms with Crippen molar-refractivity contribution in [2.75, 3.05) is 18.8 Å². The Labute approximate surface area is 120 Å². The van der Waals surface area contributed by atoms with Gasteiger partial charge in [0.2, 0.25) is 0 Å². The van der Waals surface area contributed by atoms with E-state index in [2.05, 4.69) is 23.7 Å². The molecule has 2 unspecified atom stereocenters. The molecule has 2 rings (SSSR count). The summed E-state index contributed by atoms with van der Waals surface area (Å²) in [6.07, 6.45) is 2.65. The minimum Gasteiger partial charge on any atom is -0.384 e. The Balaban J connectivity index is 2.02. The molecule has 0 aromatic carbocycles. The second-order valence-electron chi connectivity index (χ2n) is 5.77. The standard InChI is InChI=1S/C12H23N5O2S/c1-9-4-10(2)8-17(7-9)20(18,19)15-6-11-5-14-16(3)12(11)13/h5,9-10,15H,4,6-8,13H2,1-3H3. The van der Waals surface area contributed by atoms with Gasteiger partial charge in [-0.1, -0.05) is 13.8 Å². The molecule has 0 radical (unpaired) electrons. The zero-order valence-electron chi connectivity index (χ0n) is 12.2. The molecule has 1 fully saturated rings. The van der Waals surface area contributed by atoms with Crippen molar-refractivity contribution in [3.8, 4) is 0 Å². The number of anilines is 1. The number of hydrogen-bond donors (Lipinski definition) is 2. The predicted octanol–water partition coefficient (Wildman–Crippen LogP) is 0.315. The molecule has 0 bridgehead atoms. The van der Waals surface area contributed by atoms with E-state index in [0.29, 0.717) is 36.3 Å². The molecular weight excluding hydrogens is 278 g/mol. The molecule has 114 valence electrons. The summed E-state index contributed by atoms with van der Waals surface area (Å²) >= 11 is 0. The molecule has 0 spiro atoms. The molecule has 2 atom stereocenters. The summed E-state index contributed by atoms with van der Waals surface area (Å²) in [5.74, 6) is 1.26. The third-order valence-electron chi connectivity index (χ3n) is 3.68. The summed E-state index contributed by atoms with van der Waals surface area (Å²) in [6.45, 7) is 5.47. The highest BCUT2D eigenvalue weighted by Gasteiger charge is 2.30. The van der Waals surface area contributed by atoms with Crippen LogP contribution in [0.4, 0.5) is 5.82 Å². The van der Waals surface area contributed by atoms with Crippen molar-refractivity contribution in [2.45, 2.75) is 26.8 Å². The van der Waals surface area contributed by atoms with Crippen molar-refractivity contribution in [3.63, 3.8) is 0 Å². The summed E-state index contributed by atoms with van der Waals surface area (Å²) in [6, 6.07) is 0. The van der Waals surface area contributed by atoms with Crippen LogP contribution in [0.1, 0.15) is 25.8 Å². The largest absolute Gasteiger partial charge is 0.384 e. The third-order valence-corrected chi connectivity index (χ3v) is 5.17. The van der Waals surface area contributed by atoms with E-state index in [1.54, 1.807) is 13.2 Å². The second-order valence-corrected chi connectivity index (χ2v) is 7.52. The fourth-order valence-electron chi connectivity index (χ4n) is 2.69. The van der Waals surface area contributed by atoms with Gasteiger partial charge >= 0.3 is 0 Å². The number of nitrogen functional groups attached to an aromatic ring is 1. The van der Waals surface area contributed by atoms with E-state index >= 15 is 0 Å². The van der Waals surface area contributed by atoms with Gasteiger partial charge in [-0.05, 0) is 18.3 Å². The zero-order chi connectivity index (χ0) is 14.9. The van der Waals surface area contributed by atoms with Crippen LogP contribution < -0.4 is 10.5 Å². The number of aromatic nitrogens is 2. The molecule has 1 saturated heterocycles. The number of nitrogens with zero attached hydrogens (tertiary/aromatic N) is 3. The van der Waals surface area contributed by atoms with Crippen LogP contribution in [0.15, 0.2) is 6.20 Å². The SMILES string of the molecule is CC1CC(C)CN(S(=O)(=O)NCc2cnn(C)c2N)C1. The smallest absolute Gasteiger partial charge is 0.279 e. The first-order valence-corrected chi connectivity index (χ1v) is 8.24. The maximum atomic E-state index is 12.3. The number of aryl methyl sites for hydroxylation is 1. The van der Waals surface area contributed by atoms with Crippen molar-refractivity contribution >= 4 is 16.0 Å². The monoisotopic (exact) mass is 301 g/mol. The van der Waals surface area contributed by atoms with Crippen molar-refractivity contribution in [1.82, 2.24) is 18.8 Å². The summed E-state index contributed by atoms with van der Waals surface area (Å²) in [5.41, 5.74) is 6.50. The Morgan fingerprint density at radius 3 is 2.50 bits per heavy atom. The first-order valence-electron chi connectivity index (χ1n) is 6.80. The fourth-order valence-corrected chi connectivity index (χ4v) is 4.11. The first kappa shape index (κ1) is 15.3. The number of rotatable bonds is 4. The van der Waals surface area contributed by atoms with Gasteiger partial charge in [0.15, 0.2) is 0 Å². The average Bonchev–Trinajstić information content (AvgIpc) is 2.66. The lowest BCUT2D eigenvalue weighted by molar-refractivity contribution is 0.220. The predicted molar refractivity (Wildman–Crippen MR) is 77.9 cm³/mol. The minimum absolute atomic E-state index is 0.168. The molecule has 1 aromatic rings. The average molecular weight is 301 g/mol. The number of hydrogen-bond acceptors (Lipinski definition) is 4. The van der Waals surface area contributed by atoms with E-state index in [4.69, 9.17) is 5.73 Å². The normalized spacial score (nSPS) is 24.9. The van der Waals surface area contributed by atoms with E-state index in [0.717, 1.165) is 6.42 Å². The summed E-state index contributed by atoms with van der Waals surface area (Å²) in [7, 11) is -1.74. The van der Waals surface area contributed by atoms with Crippen LogP contribution in [0.3, 0.4) is 0 Å². The maximum absolute atomic E-state index is 12.3. The van der Waals surface area contributed by atoms with Crippen LogP contribution in [0.25, 0.3) is 0 Å². The van der Waals surface area contributed by atoms with Gasteiger partial charge in [-0.2, -0.15) is 22.5 Å². The van der Waals surface area contributed by atoms with Crippen LogP contribution in [-0.4, -0.2) is 35.6 Å². The Kier molecular flexibility index (Phi) is 4.36. The van der Waals surface area contributed by atoms with Gasteiger partial charge in [0.1, 0.15) is 5.82 Å². The fraction of sp³-hybridized carbons (Fsp3) is 0.750. The molecule has 7 nitrogen and oxygen atoms in total. The Bertz CT molecular complexity index is 558. The second kappa shape index (κ2) is 5.71. The lowest BCUT2D eigenvalue weighted by Gasteiger charge is -2.33. The molecular formula is C12H23N5O2S. The summed E-state index contributed by atoms with van der Waals surface area (Å²) in [5, 5.41) is 4.00. The Morgan fingerprint density at radius 1 is 1.40 bits per heavy atom. The summed E-state index contributed by atoms with van der Waals surface area (Å²) < 4.78 is 30.3. The van der Waals surface area contributed by atoms with E-state index in [1.807, 2.05) is 0 Å². The molecule has 3 N–H and O–H groups in total. The lowest BCUT2D eigenvalue weighted by atomic mass is 9.94. The lowest BCUT2D eigenvalue weighted by Crippen LogP contribution is -2.47. The maximum Gasteiger partial charge on any atom is 0.279 e. The number of piperidine rings is 1. The van der Waals surface area contributed by atoms with Crippen molar-refractivity contribution in [3.05, 3.63) is 11.8 Å². The topological polar surface area (TPSA) is 93.2 Å². The highest BCUT2D eigenvalue weighted by atomic mass is 32.2. The van der Waals surface area contributed by atoms with Crippen LogP contribution >= 0.6 is 0 Å². The highest BCUT2D eigenvalue weighted by molar-refractivity contribution is 7.87. The molecule has 0 amide bonds. The first-order chi connectivity index (χ1) is 9.29. The van der Waals surface area contributed by atoms with E-state index in [-0.39, 0.29) is 6.54 Å². The van der Waals surface area contributed by atoms with Gasteiger partial charge < -0.3 is 5.73 Å². The van der Waals surface area contributed by atoms with Crippen LogP contribution in [0.2, 0.25) is 0 Å². The highest BCUT2D eigenvalue weighted by Crippen LogP contribution is 2.22. The van der Waals surface area contributed by atoms with Crippen LogP contribution in [-0.2, 0) is 23.8 Å². The van der Waals surface area contributed by atoms with Gasteiger partial charge in [-0.3, -0.25) is 4.68 Å². The van der Waals surface area contributed by atoms with Gasteiger partial charge in [0.05, 0.1) is 6.20 Å². The molecule has 1 aromatic heterocycles.